The predicted octanol–water partition coefficient (Wildman–Crippen LogP) is 1.35. The molecule has 0 bridgehead atoms. The van der Waals surface area contributed by atoms with E-state index in [2.05, 4.69) is 5.32 Å². The molecule has 3 rings (SSSR count). The summed E-state index contributed by atoms with van der Waals surface area (Å²) in [4.78, 5) is 40.9. The van der Waals surface area contributed by atoms with Crippen molar-refractivity contribution in [2.45, 2.75) is 45.2 Å². The van der Waals surface area contributed by atoms with E-state index >= 15 is 0 Å². The van der Waals surface area contributed by atoms with Crippen molar-refractivity contribution in [3.05, 3.63) is 35.4 Å². The van der Waals surface area contributed by atoms with Crippen molar-refractivity contribution < 1.29 is 14.4 Å². The number of aryl methyl sites for hydroxylation is 1. The first-order chi connectivity index (χ1) is 12.7. The summed E-state index contributed by atoms with van der Waals surface area (Å²) >= 11 is 0. The third kappa shape index (κ3) is 3.69. The average Bonchev–Trinajstić information content (AvgIpc) is 2.86. The lowest BCUT2D eigenvalue weighted by molar-refractivity contribution is -0.140. The standard InChI is InChI=1S/C20H28N4O3/c1-13-6-8-16(9-7-13)20(3)18(26)24(19(27)22-20)12-17(25)23-10-4-5-15(11-23)14(2)21/h6-9,14-15H,4-5,10-12,21H2,1-3H3,(H,22,27). The molecule has 0 spiro atoms. The number of nitrogens with zero attached hydrogens (tertiary/aromatic N) is 2. The molecule has 2 saturated heterocycles. The van der Waals surface area contributed by atoms with Crippen LogP contribution in [-0.4, -0.2) is 53.3 Å². The molecule has 1 aromatic rings. The predicted molar refractivity (Wildman–Crippen MR) is 102 cm³/mol. The largest absolute Gasteiger partial charge is 0.341 e. The smallest absolute Gasteiger partial charge is 0.325 e. The highest BCUT2D eigenvalue weighted by Crippen LogP contribution is 2.29. The summed E-state index contributed by atoms with van der Waals surface area (Å²) in [6, 6.07) is 6.94. The van der Waals surface area contributed by atoms with E-state index in [1.54, 1.807) is 11.8 Å². The Morgan fingerprint density at radius 2 is 2.00 bits per heavy atom. The van der Waals surface area contributed by atoms with Crippen LogP contribution >= 0.6 is 0 Å². The van der Waals surface area contributed by atoms with Crippen LogP contribution in [0.4, 0.5) is 4.79 Å². The molecule has 2 heterocycles. The van der Waals surface area contributed by atoms with Crippen LogP contribution in [-0.2, 0) is 15.1 Å². The zero-order chi connectivity index (χ0) is 19.8. The normalized spacial score (nSPS) is 26.9. The van der Waals surface area contributed by atoms with Crippen molar-refractivity contribution in [2.75, 3.05) is 19.6 Å². The summed E-state index contributed by atoms with van der Waals surface area (Å²) in [5.74, 6) is -0.355. The first-order valence-corrected chi connectivity index (χ1v) is 9.47. The van der Waals surface area contributed by atoms with Gasteiger partial charge in [0, 0.05) is 19.1 Å². The van der Waals surface area contributed by atoms with Gasteiger partial charge in [0.2, 0.25) is 5.91 Å². The van der Waals surface area contributed by atoms with Crippen molar-refractivity contribution in [1.29, 1.82) is 0 Å². The van der Waals surface area contributed by atoms with E-state index in [0.717, 1.165) is 23.3 Å². The summed E-state index contributed by atoms with van der Waals surface area (Å²) in [6.45, 7) is 6.56. The number of nitrogens with two attached hydrogens (primary N) is 1. The number of imide groups is 1. The number of rotatable bonds is 4. The number of carbonyl (C=O) groups excluding carboxylic acids is 3. The monoisotopic (exact) mass is 372 g/mol. The van der Waals surface area contributed by atoms with Crippen LogP contribution < -0.4 is 11.1 Å². The number of amides is 4. The minimum atomic E-state index is -1.15. The summed E-state index contributed by atoms with van der Waals surface area (Å²) in [7, 11) is 0. The molecule has 0 aliphatic carbocycles. The Kier molecular flexibility index (Phi) is 5.24. The minimum Gasteiger partial charge on any atom is -0.341 e. The third-order valence-corrected chi connectivity index (χ3v) is 5.75. The Bertz CT molecular complexity index is 746. The zero-order valence-corrected chi connectivity index (χ0v) is 16.2. The van der Waals surface area contributed by atoms with Gasteiger partial charge in [0.1, 0.15) is 12.1 Å². The lowest BCUT2D eigenvalue weighted by Crippen LogP contribution is -2.49. The third-order valence-electron chi connectivity index (χ3n) is 5.75. The molecule has 1 aromatic carbocycles. The highest BCUT2D eigenvalue weighted by molar-refractivity contribution is 6.09. The Labute approximate surface area is 159 Å². The fourth-order valence-electron chi connectivity index (χ4n) is 3.82. The summed E-state index contributed by atoms with van der Waals surface area (Å²) < 4.78 is 0. The number of benzene rings is 1. The molecule has 3 N–H and O–H groups in total. The molecule has 7 nitrogen and oxygen atoms in total. The van der Waals surface area contributed by atoms with Crippen LogP contribution in [0.5, 0.6) is 0 Å². The quantitative estimate of drug-likeness (QED) is 0.780. The van der Waals surface area contributed by atoms with Gasteiger partial charge in [-0.3, -0.25) is 14.5 Å². The van der Waals surface area contributed by atoms with Gasteiger partial charge in [-0.25, -0.2) is 4.79 Å². The van der Waals surface area contributed by atoms with Crippen LogP contribution in [0.25, 0.3) is 0 Å². The van der Waals surface area contributed by atoms with Crippen LogP contribution in [0.2, 0.25) is 0 Å². The van der Waals surface area contributed by atoms with E-state index < -0.39 is 17.5 Å². The summed E-state index contributed by atoms with van der Waals surface area (Å²) in [5, 5.41) is 2.75. The van der Waals surface area contributed by atoms with Crippen molar-refractivity contribution >= 4 is 17.8 Å². The van der Waals surface area contributed by atoms with Crippen LogP contribution in [0, 0.1) is 12.8 Å². The topological polar surface area (TPSA) is 95.7 Å². The molecular weight excluding hydrogens is 344 g/mol. The maximum absolute atomic E-state index is 13.0. The van der Waals surface area contributed by atoms with Gasteiger partial charge in [0.05, 0.1) is 0 Å². The second-order valence-electron chi connectivity index (χ2n) is 7.91. The Morgan fingerprint density at radius 1 is 1.33 bits per heavy atom. The van der Waals surface area contributed by atoms with Crippen LogP contribution in [0.1, 0.15) is 37.8 Å². The Morgan fingerprint density at radius 3 is 2.63 bits per heavy atom. The molecular formula is C20H28N4O3. The summed E-state index contributed by atoms with van der Waals surface area (Å²) in [6.07, 6.45) is 1.88. The van der Waals surface area contributed by atoms with E-state index in [-0.39, 0.29) is 24.4 Å². The lowest BCUT2D eigenvalue weighted by atomic mass is 9.91. The number of piperidine rings is 1. The second kappa shape index (κ2) is 7.31. The first kappa shape index (κ1) is 19.4. The van der Waals surface area contributed by atoms with Gasteiger partial charge in [0.15, 0.2) is 0 Å². The van der Waals surface area contributed by atoms with E-state index in [1.165, 1.54) is 0 Å². The first-order valence-electron chi connectivity index (χ1n) is 9.47. The van der Waals surface area contributed by atoms with Gasteiger partial charge in [0.25, 0.3) is 5.91 Å². The van der Waals surface area contributed by atoms with E-state index in [4.69, 9.17) is 5.73 Å². The molecule has 3 atom stereocenters. The molecule has 2 aliphatic heterocycles. The van der Waals surface area contributed by atoms with Crippen molar-refractivity contribution in [3.8, 4) is 0 Å². The van der Waals surface area contributed by atoms with E-state index in [1.807, 2.05) is 38.1 Å². The molecule has 4 amide bonds. The second-order valence-corrected chi connectivity index (χ2v) is 7.91. The lowest BCUT2D eigenvalue weighted by Gasteiger charge is -2.35. The Balaban J connectivity index is 1.72. The highest BCUT2D eigenvalue weighted by Gasteiger charge is 2.49. The van der Waals surface area contributed by atoms with Gasteiger partial charge < -0.3 is 16.0 Å². The molecule has 3 unspecified atom stereocenters. The molecule has 146 valence electrons. The van der Waals surface area contributed by atoms with Crippen LogP contribution in [0.15, 0.2) is 24.3 Å². The maximum Gasteiger partial charge on any atom is 0.325 e. The Hall–Kier alpha value is -2.41. The average molecular weight is 372 g/mol. The van der Waals surface area contributed by atoms with Crippen molar-refractivity contribution in [3.63, 3.8) is 0 Å². The van der Waals surface area contributed by atoms with E-state index in [9.17, 15) is 14.4 Å². The fraction of sp³-hybridized carbons (Fsp3) is 0.550. The van der Waals surface area contributed by atoms with Crippen molar-refractivity contribution in [2.24, 2.45) is 11.7 Å². The number of hydrogen-bond acceptors (Lipinski definition) is 4. The molecule has 0 radical (unpaired) electrons. The minimum absolute atomic E-state index is 0.0159. The summed E-state index contributed by atoms with van der Waals surface area (Å²) in [5.41, 5.74) is 6.60. The number of hydrogen-bond donors (Lipinski definition) is 2. The van der Waals surface area contributed by atoms with Gasteiger partial charge >= 0.3 is 6.03 Å². The SMILES string of the molecule is Cc1ccc(C2(C)NC(=O)N(CC(=O)N3CCCC(C(C)N)C3)C2=O)cc1. The van der Waals surface area contributed by atoms with Crippen molar-refractivity contribution in [1.82, 2.24) is 15.1 Å². The number of carbonyl (C=O) groups is 3. The van der Waals surface area contributed by atoms with E-state index in [0.29, 0.717) is 18.7 Å². The maximum atomic E-state index is 13.0. The van der Waals surface area contributed by atoms with Gasteiger partial charge in [-0.15, -0.1) is 0 Å². The fourth-order valence-corrected chi connectivity index (χ4v) is 3.82. The number of urea groups is 1. The van der Waals surface area contributed by atoms with Gasteiger partial charge in [-0.1, -0.05) is 29.8 Å². The number of nitrogens with one attached hydrogen (secondary N) is 1. The van der Waals surface area contributed by atoms with Gasteiger partial charge in [-0.05, 0) is 45.1 Å². The molecule has 2 aliphatic rings. The molecule has 0 aromatic heterocycles. The van der Waals surface area contributed by atoms with Gasteiger partial charge in [-0.2, -0.15) is 0 Å². The zero-order valence-electron chi connectivity index (χ0n) is 16.2. The molecule has 7 heteroatoms. The highest BCUT2D eigenvalue weighted by atomic mass is 16.2. The molecule has 0 saturated carbocycles. The number of likely N-dealkylation sites (tertiary alicyclic amines) is 1. The molecule has 2 fully saturated rings. The molecule has 27 heavy (non-hydrogen) atoms. The van der Waals surface area contributed by atoms with Crippen LogP contribution in [0.3, 0.4) is 0 Å².